The average Bonchev–Trinajstić information content (AvgIpc) is 2.99. The number of hydrazone groups is 1. The zero-order valence-corrected chi connectivity index (χ0v) is 13.2. The van der Waals surface area contributed by atoms with Crippen molar-refractivity contribution in [2.75, 3.05) is 6.54 Å². The summed E-state index contributed by atoms with van der Waals surface area (Å²) in [6.45, 7) is 0.616. The second kappa shape index (κ2) is 5.63. The Morgan fingerprint density at radius 1 is 0.955 bits per heavy atom. The highest BCUT2D eigenvalue weighted by molar-refractivity contribution is 8.16. The minimum atomic E-state index is 0.616. The molecule has 0 unspecified atom stereocenters. The van der Waals surface area contributed by atoms with Gasteiger partial charge in [-0.3, -0.25) is 4.99 Å². The summed E-state index contributed by atoms with van der Waals surface area (Å²) in [6, 6.07) is 18.0. The molecule has 0 saturated carbocycles. The second-order valence-corrected chi connectivity index (χ2v) is 6.22. The third-order valence-corrected chi connectivity index (χ3v) is 4.62. The zero-order valence-electron chi connectivity index (χ0n) is 11.6. The van der Waals surface area contributed by atoms with E-state index in [-0.39, 0.29) is 0 Å². The van der Waals surface area contributed by atoms with Crippen LogP contribution in [0.1, 0.15) is 11.1 Å². The number of amidine groups is 1. The fourth-order valence-electron chi connectivity index (χ4n) is 2.40. The Balaban J connectivity index is 1.69. The molecule has 0 amide bonds. The van der Waals surface area contributed by atoms with E-state index in [0.29, 0.717) is 6.54 Å². The lowest BCUT2D eigenvalue weighted by Gasteiger charge is -2.22. The molecule has 4 rings (SSSR count). The van der Waals surface area contributed by atoms with Crippen molar-refractivity contribution < 1.29 is 0 Å². The summed E-state index contributed by atoms with van der Waals surface area (Å²) >= 11 is 7.57. The van der Waals surface area contributed by atoms with E-state index in [1.807, 2.05) is 47.5 Å². The van der Waals surface area contributed by atoms with E-state index in [0.717, 1.165) is 32.7 Å². The molecule has 0 atom stereocenters. The molecule has 2 aromatic carbocycles. The van der Waals surface area contributed by atoms with Crippen LogP contribution < -0.4 is 0 Å². The summed E-state index contributed by atoms with van der Waals surface area (Å²) in [5.41, 5.74) is 4.21. The van der Waals surface area contributed by atoms with Crippen LogP contribution in [-0.4, -0.2) is 22.4 Å². The van der Waals surface area contributed by atoms with Gasteiger partial charge in [-0.15, -0.1) is 0 Å². The number of benzene rings is 2. The van der Waals surface area contributed by atoms with E-state index in [9.17, 15) is 0 Å². The average molecular weight is 326 g/mol. The molecule has 5 heteroatoms. The van der Waals surface area contributed by atoms with Crippen LogP contribution in [0.15, 0.2) is 70.1 Å². The summed E-state index contributed by atoms with van der Waals surface area (Å²) in [5.74, 6) is 0. The van der Waals surface area contributed by atoms with E-state index in [2.05, 4.69) is 22.5 Å². The van der Waals surface area contributed by atoms with Gasteiger partial charge >= 0.3 is 0 Å². The number of hydrogen-bond donors (Lipinski definition) is 0. The Hall–Kier alpha value is -2.04. The lowest BCUT2D eigenvalue weighted by Crippen LogP contribution is -2.26. The number of halogens is 1. The molecular formula is C17H12ClN3S. The van der Waals surface area contributed by atoms with Crippen LogP contribution in [0.2, 0.25) is 5.02 Å². The number of hydrogen-bond acceptors (Lipinski definition) is 4. The van der Waals surface area contributed by atoms with E-state index >= 15 is 0 Å². The summed E-state index contributed by atoms with van der Waals surface area (Å²) in [5, 5.41) is 10.4. The molecular weight excluding hydrogens is 314 g/mol. The number of aliphatic imine (C=N–C) groups is 1. The first kappa shape index (κ1) is 13.6. The van der Waals surface area contributed by atoms with Gasteiger partial charge in [0.15, 0.2) is 5.17 Å². The molecule has 0 saturated heterocycles. The fourth-order valence-corrected chi connectivity index (χ4v) is 3.35. The standard InChI is InChI=1S/C17H12ClN3S/c18-14-8-6-13(7-9-14)16-11-22-17-19-10-15(20-21(16)17)12-4-2-1-3-5-12/h1-9,11H,10H2. The Labute approximate surface area is 138 Å². The highest BCUT2D eigenvalue weighted by Crippen LogP contribution is 2.35. The monoisotopic (exact) mass is 325 g/mol. The van der Waals surface area contributed by atoms with Crippen LogP contribution in [0.5, 0.6) is 0 Å². The predicted octanol–water partition coefficient (Wildman–Crippen LogP) is 4.46. The van der Waals surface area contributed by atoms with Crippen LogP contribution in [0.3, 0.4) is 0 Å². The first-order chi connectivity index (χ1) is 10.8. The Kier molecular flexibility index (Phi) is 3.48. The van der Waals surface area contributed by atoms with Crippen LogP contribution >= 0.6 is 23.4 Å². The van der Waals surface area contributed by atoms with Crippen molar-refractivity contribution in [2.24, 2.45) is 10.1 Å². The topological polar surface area (TPSA) is 28.0 Å². The van der Waals surface area contributed by atoms with Crippen molar-refractivity contribution in [2.45, 2.75) is 0 Å². The highest BCUT2D eigenvalue weighted by atomic mass is 35.5. The summed E-state index contributed by atoms with van der Waals surface area (Å²) in [4.78, 5) is 4.64. The number of nitrogens with zero attached hydrogens (tertiary/aromatic N) is 3. The first-order valence-electron chi connectivity index (χ1n) is 6.91. The Morgan fingerprint density at radius 3 is 2.50 bits per heavy atom. The molecule has 0 aliphatic carbocycles. The SMILES string of the molecule is Clc1ccc(C2=CSC3=NCC(c4ccccc4)=NN23)cc1. The normalized spacial score (nSPS) is 16.8. The molecule has 2 aromatic rings. The van der Waals surface area contributed by atoms with Crippen LogP contribution in [0, 0.1) is 0 Å². The van der Waals surface area contributed by atoms with Crippen LogP contribution in [0.4, 0.5) is 0 Å². The summed E-state index contributed by atoms with van der Waals surface area (Å²) in [6.07, 6.45) is 0. The van der Waals surface area contributed by atoms with Gasteiger partial charge in [-0.05, 0) is 17.7 Å². The lowest BCUT2D eigenvalue weighted by atomic mass is 10.1. The van der Waals surface area contributed by atoms with Gasteiger partial charge < -0.3 is 0 Å². The molecule has 22 heavy (non-hydrogen) atoms. The number of thioether (sulfide) groups is 1. The van der Waals surface area contributed by atoms with E-state index in [1.165, 1.54) is 0 Å². The predicted molar refractivity (Wildman–Crippen MR) is 94.1 cm³/mol. The maximum absolute atomic E-state index is 5.97. The van der Waals surface area contributed by atoms with Crippen molar-refractivity contribution in [3.63, 3.8) is 0 Å². The largest absolute Gasteiger partial charge is 0.254 e. The Bertz CT molecular complexity index is 794. The van der Waals surface area contributed by atoms with E-state index in [4.69, 9.17) is 16.7 Å². The molecule has 0 radical (unpaired) electrons. The molecule has 108 valence electrons. The van der Waals surface area contributed by atoms with Crippen molar-refractivity contribution in [3.05, 3.63) is 76.2 Å². The van der Waals surface area contributed by atoms with Gasteiger partial charge in [0, 0.05) is 16.0 Å². The number of rotatable bonds is 2. The van der Waals surface area contributed by atoms with Crippen LogP contribution in [0.25, 0.3) is 5.70 Å². The maximum atomic E-state index is 5.97. The van der Waals surface area contributed by atoms with Crippen molar-refractivity contribution in [1.29, 1.82) is 0 Å². The van der Waals surface area contributed by atoms with E-state index in [1.54, 1.807) is 11.8 Å². The van der Waals surface area contributed by atoms with Gasteiger partial charge in [-0.1, -0.05) is 65.8 Å². The summed E-state index contributed by atoms with van der Waals surface area (Å²) in [7, 11) is 0. The third kappa shape index (κ3) is 2.45. The smallest absolute Gasteiger partial charge is 0.189 e. The lowest BCUT2D eigenvalue weighted by molar-refractivity contribution is 0.633. The molecule has 0 N–H and O–H groups in total. The van der Waals surface area contributed by atoms with Gasteiger partial charge in [0.25, 0.3) is 0 Å². The van der Waals surface area contributed by atoms with Crippen molar-refractivity contribution >= 4 is 39.9 Å². The first-order valence-corrected chi connectivity index (χ1v) is 8.17. The zero-order chi connectivity index (χ0) is 14.9. The quantitative estimate of drug-likeness (QED) is 0.815. The fraction of sp³-hybridized carbons (Fsp3) is 0.0588. The molecule has 0 bridgehead atoms. The van der Waals surface area contributed by atoms with Gasteiger partial charge in [-0.25, -0.2) is 5.01 Å². The van der Waals surface area contributed by atoms with Crippen molar-refractivity contribution in [3.8, 4) is 0 Å². The van der Waals surface area contributed by atoms with Gasteiger partial charge in [0.1, 0.15) is 0 Å². The van der Waals surface area contributed by atoms with Gasteiger partial charge in [-0.2, -0.15) is 5.10 Å². The number of fused-ring (bicyclic) bond motifs is 1. The van der Waals surface area contributed by atoms with Gasteiger partial charge in [0.05, 0.1) is 18.0 Å². The van der Waals surface area contributed by atoms with Gasteiger partial charge in [0.2, 0.25) is 0 Å². The summed E-state index contributed by atoms with van der Waals surface area (Å²) < 4.78 is 0. The maximum Gasteiger partial charge on any atom is 0.189 e. The molecule has 0 fully saturated rings. The minimum absolute atomic E-state index is 0.616. The third-order valence-electron chi connectivity index (χ3n) is 3.52. The molecule has 2 heterocycles. The second-order valence-electron chi connectivity index (χ2n) is 4.95. The molecule has 3 nitrogen and oxygen atoms in total. The Morgan fingerprint density at radius 2 is 1.73 bits per heavy atom. The minimum Gasteiger partial charge on any atom is -0.254 e. The molecule has 0 aromatic heterocycles. The molecule has 2 aliphatic rings. The van der Waals surface area contributed by atoms with Crippen molar-refractivity contribution in [1.82, 2.24) is 5.01 Å². The van der Waals surface area contributed by atoms with Crippen LogP contribution in [-0.2, 0) is 0 Å². The molecule has 2 aliphatic heterocycles. The molecule has 0 spiro atoms. The highest BCUT2D eigenvalue weighted by Gasteiger charge is 2.27. The van der Waals surface area contributed by atoms with E-state index < -0.39 is 0 Å².